The van der Waals surface area contributed by atoms with Gasteiger partial charge in [0.2, 0.25) is 0 Å². The fraction of sp³-hybridized carbons (Fsp3) is 0.600. The van der Waals surface area contributed by atoms with Gasteiger partial charge in [0.1, 0.15) is 10.8 Å². The minimum Gasteiger partial charge on any atom is -0.389 e. The Morgan fingerprint density at radius 1 is 1.32 bits per heavy atom. The van der Waals surface area contributed by atoms with E-state index in [1.807, 2.05) is 13.0 Å². The van der Waals surface area contributed by atoms with Crippen molar-refractivity contribution in [3.8, 4) is 0 Å². The van der Waals surface area contributed by atoms with Gasteiger partial charge in [-0.15, -0.1) is 0 Å². The van der Waals surface area contributed by atoms with Crippen LogP contribution in [0.3, 0.4) is 0 Å². The highest BCUT2D eigenvalue weighted by Gasteiger charge is 2.18. The molecule has 1 aromatic rings. The number of pyridine rings is 1. The van der Waals surface area contributed by atoms with Crippen molar-refractivity contribution >= 4 is 23.0 Å². The highest BCUT2D eigenvalue weighted by molar-refractivity contribution is 7.80. The lowest BCUT2D eigenvalue weighted by molar-refractivity contribution is 0.304. The molecule has 0 spiro atoms. The van der Waals surface area contributed by atoms with Gasteiger partial charge in [0, 0.05) is 12.7 Å². The molecule has 1 heterocycles. The monoisotopic (exact) mass is 279 g/mol. The first-order valence-corrected chi connectivity index (χ1v) is 7.24. The third-order valence-electron chi connectivity index (χ3n) is 3.62. The van der Waals surface area contributed by atoms with Crippen LogP contribution in [0.5, 0.6) is 0 Å². The Kier molecular flexibility index (Phi) is 5.73. The highest BCUT2D eigenvalue weighted by Crippen LogP contribution is 2.22. The topological polar surface area (TPSA) is 50.9 Å². The van der Waals surface area contributed by atoms with Gasteiger partial charge in [-0.2, -0.15) is 0 Å². The van der Waals surface area contributed by atoms with Crippen LogP contribution in [0.25, 0.3) is 0 Å². The Balaban J connectivity index is 2.88. The van der Waals surface area contributed by atoms with Gasteiger partial charge in [0.15, 0.2) is 0 Å². The summed E-state index contributed by atoms with van der Waals surface area (Å²) in [6.07, 6.45) is 1.79. The molecular formula is C15H25N3S. The van der Waals surface area contributed by atoms with Crippen molar-refractivity contribution in [2.75, 3.05) is 11.9 Å². The van der Waals surface area contributed by atoms with Crippen molar-refractivity contribution < 1.29 is 0 Å². The van der Waals surface area contributed by atoms with Crippen molar-refractivity contribution in [1.82, 2.24) is 4.98 Å². The number of nitrogens with zero attached hydrogens (tertiary/aromatic N) is 1. The zero-order chi connectivity index (χ0) is 14.6. The lowest BCUT2D eigenvalue weighted by atomic mass is 9.85. The van der Waals surface area contributed by atoms with Crippen molar-refractivity contribution in [2.24, 2.45) is 23.5 Å². The predicted molar refractivity (Wildman–Crippen MR) is 86.5 cm³/mol. The minimum atomic E-state index is 0.402. The van der Waals surface area contributed by atoms with Crippen molar-refractivity contribution in [3.05, 3.63) is 23.4 Å². The predicted octanol–water partition coefficient (Wildman–Crippen LogP) is 3.36. The summed E-state index contributed by atoms with van der Waals surface area (Å²) in [5, 5.41) is 3.42. The Morgan fingerprint density at radius 3 is 2.37 bits per heavy atom. The number of rotatable bonds is 6. The molecule has 0 unspecified atom stereocenters. The van der Waals surface area contributed by atoms with E-state index < -0.39 is 0 Å². The summed E-state index contributed by atoms with van der Waals surface area (Å²) in [4.78, 5) is 4.77. The maximum absolute atomic E-state index is 5.79. The Morgan fingerprint density at radius 2 is 1.89 bits per heavy atom. The molecule has 0 fully saturated rings. The lowest BCUT2D eigenvalue weighted by Gasteiger charge is -2.26. The minimum absolute atomic E-state index is 0.402. The molecule has 0 saturated carbocycles. The summed E-state index contributed by atoms with van der Waals surface area (Å²) in [7, 11) is 0. The van der Waals surface area contributed by atoms with Crippen LogP contribution in [0, 0.1) is 24.7 Å². The van der Waals surface area contributed by atoms with E-state index in [1.165, 1.54) is 0 Å². The van der Waals surface area contributed by atoms with Gasteiger partial charge < -0.3 is 11.1 Å². The molecule has 4 heteroatoms. The van der Waals surface area contributed by atoms with E-state index >= 15 is 0 Å². The molecule has 0 radical (unpaired) electrons. The van der Waals surface area contributed by atoms with Crippen LogP contribution >= 0.6 is 12.2 Å². The van der Waals surface area contributed by atoms with E-state index in [-0.39, 0.29) is 0 Å². The molecular weight excluding hydrogens is 254 g/mol. The Hall–Kier alpha value is -1.16. The van der Waals surface area contributed by atoms with Crippen molar-refractivity contribution in [3.63, 3.8) is 0 Å². The largest absolute Gasteiger partial charge is 0.389 e. The van der Waals surface area contributed by atoms with Crippen LogP contribution in [-0.4, -0.2) is 16.5 Å². The van der Waals surface area contributed by atoms with Crippen LogP contribution in [0.15, 0.2) is 12.3 Å². The van der Waals surface area contributed by atoms with Crippen LogP contribution < -0.4 is 11.1 Å². The second-order valence-electron chi connectivity index (χ2n) is 5.75. The standard InChI is InChI=1S/C15H25N3S/c1-9(2)12(10(3)4)8-18-15-13(14(16)19)11(5)6-7-17-15/h6-7,9-10,12H,8H2,1-5H3,(H2,16,19)(H,17,18). The molecule has 0 bridgehead atoms. The molecule has 0 atom stereocenters. The van der Waals surface area contributed by atoms with Gasteiger partial charge in [0.05, 0.1) is 5.56 Å². The molecule has 0 amide bonds. The summed E-state index contributed by atoms with van der Waals surface area (Å²) in [5.74, 6) is 2.66. The van der Waals surface area contributed by atoms with Gasteiger partial charge in [-0.3, -0.25) is 0 Å². The second-order valence-corrected chi connectivity index (χ2v) is 6.19. The summed E-state index contributed by atoms with van der Waals surface area (Å²) in [5.41, 5.74) is 7.72. The summed E-state index contributed by atoms with van der Waals surface area (Å²) >= 11 is 5.12. The number of thiocarbonyl (C=S) groups is 1. The van der Waals surface area contributed by atoms with E-state index in [0.29, 0.717) is 22.7 Å². The summed E-state index contributed by atoms with van der Waals surface area (Å²) in [6, 6.07) is 1.93. The van der Waals surface area contributed by atoms with Crippen LogP contribution in [0.2, 0.25) is 0 Å². The molecule has 0 aliphatic heterocycles. The molecule has 3 nitrogen and oxygen atoms in total. The number of hydrogen-bond acceptors (Lipinski definition) is 3. The zero-order valence-corrected chi connectivity index (χ0v) is 13.3. The van der Waals surface area contributed by atoms with Gasteiger partial charge in [-0.25, -0.2) is 4.98 Å². The van der Waals surface area contributed by atoms with Crippen LogP contribution in [0.1, 0.15) is 38.8 Å². The number of nitrogens with one attached hydrogen (secondary N) is 1. The molecule has 3 N–H and O–H groups in total. The number of aromatic nitrogens is 1. The third-order valence-corrected chi connectivity index (χ3v) is 3.83. The van der Waals surface area contributed by atoms with Crippen LogP contribution in [-0.2, 0) is 0 Å². The molecule has 0 aliphatic carbocycles. The smallest absolute Gasteiger partial charge is 0.136 e. The molecule has 1 aromatic heterocycles. The summed E-state index contributed by atoms with van der Waals surface area (Å²) in [6.45, 7) is 11.9. The summed E-state index contributed by atoms with van der Waals surface area (Å²) < 4.78 is 0. The normalized spacial score (nSPS) is 11.4. The Bertz CT molecular complexity index is 433. The fourth-order valence-corrected chi connectivity index (χ4v) is 2.72. The van der Waals surface area contributed by atoms with E-state index in [4.69, 9.17) is 18.0 Å². The van der Waals surface area contributed by atoms with Crippen molar-refractivity contribution in [1.29, 1.82) is 0 Å². The number of anilines is 1. The average Bonchev–Trinajstić information content (AvgIpc) is 2.27. The van der Waals surface area contributed by atoms with E-state index in [9.17, 15) is 0 Å². The van der Waals surface area contributed by atoms with Gasteiger partial charge in [-0.1, -0.05) is 39.9 Å². The lowest BCUT2D eigenvalue weighted by Crippen LogP contribution is -2.26. The molecule has 19 heavy (non-hydrogen) atoms. The maximum atomic E-state index is 5.79. The number of aryl methyl sites for hydroxylation is 1. The fourth-order valence-electron chi connectivity index (χ4n) is 2.46. The Labute approximate surface area is 122 Å². The quantitative estimate of drug-likeness (QED) is 0.784. The first kappa shape index (κ1) is 15.9. The van der Waals surface area contributed by atoms with Crippen molar-refractivity contribution in [2.45, 2.75) is 34.6 Å². The highest BCUT2D eigenvalue weighted by atomic mass is 32.1. The first-order valence-electron chi connectivity index (χ1n) is 6.83. The SMILES string of the molecule is Cc1ccnc(NCC(C(C)C)C(C)C)c1C(N)=S. The number of nitrogens with two attached hydrogens (primary N) is 1. The second kappa shape index (κ2) is 6.85. The molecule has 106 valence electrons. The molecule has 0 saturated heterocycles. The zero-order valence-electron chi connectivity index (χ0n) is 12.5. The number of hydrogen-bond donors (Lipinski definition) is 2. The van der Waals surface area contributed by atoms with Gasteiger partial charge in [0.25, 0.3) is 0 Å². The molecule has 0 aromatic carbocycles. The maximum Gasteiger partial charge on any atom is 0.136 e. The third kappa shape index (κ3) is 4.16. The van der Waals surface area contributed by atoms with Gasteiger partial charge in [-0.05, 0) is 36.3 Å². The molecule has 0 aliphatic rings. The van der Waals surface area contributed by atoms with E-state index in [2.05, 4.69) is 38.0 Å². The van der Waals surface area contributed by atoms with E-state index in [1.54, 1.807) is 6.20 Å². The molecule has 1 rings (SSSR count). The van der Waals surface area contributed by atoms with Crippen LogP contribution in [0.4, 0.5) is 5.82 Å². The van der Waals surface area contributed by atoms with Gasteiger partial charge >= 0.3 is 0 Å². The van der Waals surface area contributed by atoms with E-state index in [0.717, 1.165) is 23.5 Å². The first-order chi connectivity index (χ1) is 8.84. The average molecular weight is 279 g/mol.